The van der Waals surface area contributed by atoms with Gasteiger partial charge in [-0.25, -0.2) is 4.98 Å². The topological polar surface area (TPSA) is 36.7 Å². The number of nitriles is 1. The second kappa shape index (κ2) is 3.56. The van der Waals surface area contributed by atoms with Crippen LogP contribution in [0.4, 0.5) is 0 Å². The van der Waals surface area contributed by atoms with E-state index in [1.165, 1.54) is 0 Å². The van der Waals surface area contributed by atoms with Crippen LogP contribution in [0.15, 0.2) is 12.3 Å². The normalized spacial score (nSPS) is 9.18. The predicted octanol–water partition coefficient (Wildman–Crippen LogP) is 2.35. The van der Waals surface area contributed by atoms with Gasteiger partial charge in [0.1, 0.15) is 11.2 Å². The van der Waals surface area contributed by atoms with E-state index in [0.717, 1.165) is 5.56 Å². The number of hydrogen-bond donors (Lipinski definition) is 0. The fraction of sp³-hybridized carbons (Fsp3) is 0.143. The summed E-state index contributed by atoms with van der Waals surface area (Å²) in [5, 5.41) is 8.74. The zero-order valence-corrected chi connectivity index (χ0v) is 7.02. The van der Waals surface area contributed by atoms with E-state index in [0.29, 0.717) is 11.4 Å². The monoisotopic (exact) mass is 186 g/mol. The van der Waals surface area contributed by atoms with Crippen LogP contribution in [-0.2, 0) is 5.88 Å². The van der Waals surface area contributed by atoms with E-state index in [1.807, 2.05) is 6.07 Å². The van der Waals surface area contributed by atoms with Crippen LogP contribution in [0.25, 0.3) is 0 Å². The van der Waals surface area contributed by atoms with E-state index in [2.05, 4.69) is 4.98 Å². The van der Waals surface area contributed by atoms with E-state index >= 15 is 0 Å². The third-order valence-electron chi connectivity index (χ3n) is 1.17. The molecule has 0 bridgehead atoms. The molecule has 0 unspecified atom stereocenters. The lowest BCUT2D eigenvalue weighted by Crippen LogP contribution is -1.86. The van der Waals surface area contributed by atoms with Gasteiger partial charge in [-0.1, -0.05) is 11.6 Å². The molecule has 0 fully saturated rings. The van der Waals surface area contributed by atoms with Gasteiger partial charge >= 0.3 is 0 Å². The largest absolute Gasteiger partial charge is 0.243 e. The smallest absolute Gasteiger partial charge is 0.146 e. The number of aromatic nitrogens is 1. The van der Waals surface area contributed by atoms with Gasteiger partial charge in [-0.05, 0) is 11.6 Å². The lowest BCUT2D eigenvalue weighted by Gasteiger charge is -1.95. The molecular weight excluding hydrogens is 183 g/mol. The third kappa shape index (κ3) is 1.83. The molecule has 0 aromatic carbocycles. The molecule has 1 aromatic rings. The van der Waals surface area contributed by atoms with Crippen molar-refractivity contribution < 1.29 is 0 Å². The highest BCUT2D eigenvalue weighted by molar-refractivity contribution is 6.30. The first kappa shape index (κ1) is 8.32. The Morgan fingerprint density at radius 2 is 2.36 bits per heavy atom. The second-order valence-corrected chi connectivity index (χ2v) is 2.55. The SMILES string of the molecule is N#Cc1cc(CCl)cnc1Cl. The highest BCUT2D eigenvalue weighted by Crippen LogP contribution is 2.13. The first-order chi connectivity index (χ1) is 5.27. The summed E-state index contributed by atoms with van der Waals surface area (Å²) in [4.78, 5) is 3.78. The lowest BCUT2D eigenvalue weighted by molar-refractivity contribution is 1.23. The minimum Gasteiger partial charge on any atom is -0.243 e. The maximum Gasteiger partial charge on any atom is 0.146 e. The second-order valence-electron chi connectivity index (χ2n) is 1.93. The van der Waals surface area contributed by atoms with Crippen molar-refractivity contribution in [3.8, 4) is 6.07 Å². The number of pyridine rings is 1. The average Bonchev–Trinajstić information content (AvgIpc) is 2.05. The van der Waals surface area contributed by atoms with Gasteiger partial charge in [0.05, 0.1) is 5.56 Å². The number of halogens is 2. The minimum absolute atomic E-state index is 0.223. The van der Waals surface area contributed by atoms with E-state index < -0.39 is 0 Å². The Balaban J connectivity index is 3.15. The Morgan fingerprint density at radius 1 is 1.64 bits per heavy atom. The molecule has 1 rings (SSSR count). The van der Waals surface area contributed by atoms with Crippen molar-refractivity contribution in [1.82, 2.24) is 4.98 Å². The van der Waals surface area contributed by atoms with E-state index in [9.17, 15) is 0 Å². The van der Waals surface area contributed by atoms with Gasteiger partial charge in [0, 0.05) is 12.1 Å². The molecule has 0 aliphatic heterocycles. The van der Waals surface area contributed by atoms with E-state index in [-0.39, 0.29) is 5.15 Å². The zero-order valence-electron chi connectivity index (χ0n) is 5.51. The Kier molecular flexibility index (Phi) is 2.70. The van der Waals surface area contributed by atoms with Crippen LogP contribution in [-0.4, -0.2) is 4.98 Å². The standard InChI is InChI=1S/C7H4Cl2N2/c8-2-5-1-6(3-10)7(9)11-4-5/h1,4H,2H2. The molecule has 0 N–H and O–H groups in total. The van der Waals surface area contributed by atoms with Crippen LogP contribution >= 0.6 is 23.2 Å². The predicted molar refractivity (Wildman–Crippen MR) is 43.5 cm³/mol. The summed E-state index contributed by atoms with van der Waals surface area (Å²) in [7, 11) is 0. The number of rotatable bonds is 1. The summed E-state index contributed by atoms with van der Waals surface area (Å²) in [5.41, 5.74) is 1.16. The summed E-state index contributed by atoms with van der Waals surface area (Å²) < 4.78 is 0. The molecule has 56 valence electrons. The number of nitrogens with zero attached hydrogens (tertiary/aromatic N) is 2. The maximum atomic E-state index is 8.52. The number of alkyl halides is 1. The van der Waals surface area contributed by atoms with Crippen molar-refractivity contribution in [2.45, 2.75) is 5.88 Å². The van der Waals surface area contributed by atoms with Crippen LogP contribution in [0.1, 0.15) is 11.1 Å². The van der Waals surface area contributed by atoms with Crippen molar-refractivity contribution in [3.63, 3.8) is 0 Å². The summed E-state index contributed by atoms with van der Waals surface area (Å²) in [6.07, 6.45) is 1.55. The minimum atomic E-state index is 0.223. The van der Waals surface area contributed by atoms with Crippen molar-refractivity contribution in [2.24, 2.45) is 0 Å². The fourth-order valence-corrected chi connectivity index (χ4v) is 0.935. The van der Waals surface area contributed by atoms with Gasteiger partial charge in [0.15, 0.2) is 0 Å². The van der Waals surface area contributed by atoms with Crippen LogP contribution in [0, 0.1) is 11.3 Å². The molecule has 0 radical (unpaired) electrons. The summed E-state index contributed by atoms with van der Waals surface area (Å²) in [6.45, 7) is 0. The van der Waals surface area contributed by atoms with E-state index in [4.69, 9.17) is 28.5 Å². The molecule has 2 nitrogen and oxygen atoms in total. The quantitative estimate of drug-likeness (QED) is 0.499. The van der Waals surface area contributed by atoms with Crippen LogP contribution in [0.2, 0.25) is 5.15 Å². The maximum absolute atomic E-state index is 8.52. The molecule has 0 aliphatic rings. The van der Waals surface area contributed by atoms with E-state index in [1.54, 1.807) is 12.3 Å². The molecule has 0 atom stereocenters. The molecule has 0 saturated carbocycles. The molecule has 0 amide bonds. The first-order valence-corrected chi connectivity index (χ1v) is 3.79. The molecule has 4 heteroatoms. The van der Waals surface area contributed by atoms with Crippen molar-refractivity contribution >= 4 is 23.2 Å². The van der Waals surface area contributed by atoms with Crippen molar-refractivity contribution in [3.05, 3.63) is 28.5 Å². The molecular formula is C7H4Cl2N2. The van der Waals surface area contributed by atoms with Gasteiger partial charge in [-0.2, -0.15) is 5.26 Å². The van der Waals surface area contributed by atoms with Gasteiger partial charge < -0.3 is 0 Å². The molecule has 0 saturated heterocycles. The fourth-order valence-electron chi connectivity index (χ4n) is 0.643. The van der Waals surface area contributed by atoms with Gasteiger partial charge in [0.25, 0.3) is 0 Å². The van der Waals surface area contributed by atoms with Gasteiger partial charge in [-0.3, -0.25) is 0 Å². The lowest BCUT2D eigenvalue weighted by atomic mass is 10.2. The van der Waals surface area contributed by atoms with Gasteiger partial charge in [-0.15, -0.1) is 11.6 Å². The highest BCUT2D eigenvalue weighted by atomic mass is 35.5. The third-order valence-corrected chi connectivity index (χ3v) is 1.78. The summed E-state index contributed by atoms with van der Waals surface area (Å²) in [6, 6.07) is 3.54. The summed E-state index contributed by atoms with van der Waals surface area (Å²) >= 11 is 11.1. The summed E-state index contributed by atoms with van der Waals surface area (Å²) in [5.74, 6) is 0.346. The van der Waals surface area contributed by atoms with Crippen LogP contribution < -0.4 is 0 Å². The average molecular weight is 187 g/mol. The zero-order chi connectivity index (χ0) is 8.27. The van der Waals surface area contributed by atoms with Crippen molar-refractivity contribution in [1.29, 1.82) is 5.26 Å². The van der Waals surface area contributed by atoms with Gasteiger partial charge in [0.2, 0.25) is 0 Å². The Bertz CT molecular complexity index is 304. The highest BCUT2D eigenvalue weighted by Gasteiger charge is 2.00. The first-order valence-electron chi connectivity index (χ1n) is 2.88. The molecule has 0 spiro atoms. The Labute approximate surface area is 74.4 Å². The van der Waals surface area contributed by atoms with Crippen LogP contribution in [0.3, 0.4) is 0 Å². The van der Waals surface area contributed by atoms with Crippen LogP contribution in [0.5, 0.6) is 0 Å². The molecule has 0 aliphatic carbocycles. The van der Waals surface area contributed by atoms with Crippen molar-refractivity contribution in [2.75, 3.05) is 0 Å². The Hall–Kier alpha value is -0.780. The molecule has 1 heterocycles. The molecule has 11 heavy (non-hydrogen) atoms. The Morgan fingerprint density at radius 3 is 2.91 bits per heavy atom. The molecule has 1 aromatic heterocycles. The number of hydrogen-bond acceptors (Lipinski definition) is 2.